The Bertz CT molecular complexity index is 2260. The summed E-state index contributed by atoms with van der Waals surface area (Å²) in [5, 5.41) is 0. The van der Waals surface area contributed by atoms with Crippen LogP contribution in [0.4, 0.5) is 0 Å². The van der Waals surface area contributed by atoms with Gasteiger partial charge in [0, 0.05) is 0 Å². The van der Waals surface area contributed by atoms with Gasteiger partial charge in [0.2, 0.25) is 0 Å². The van der Waals surface area contributed by atoms with Crippen molar-refractivity contribution in [2.45, 2.75) is 227 Å². The third-order valence-corrected chi connectivity index (χ3v) is 21.0. The molecule has 12 aliphatic rings. The molecule has 71 heavy (non-hydrogen) atoms. The summed E-state index contributed by atoms with van der Waals surface area (Å²) < 4.78 is 73.5. The standard InChI is InChI=1S/C60H75O10P/c61-71(68-46-10-1-34(19-37-4-13-49-55(28-37)62-49)22-43(46)25-40-7-16-52-58(31-40)65-52,69-47-11-2-35(20-38-5-14-50-56(29-38)63-50)23-44(47)26-41-8-17-53-59(32-41)66-53)70-48-12-3-36(21-39-6-15-51-57(30-39)64-51)24-45(48)27-42-9-18-54-60(33-42)67-54/h1-3,10-12,22-24,37-42,49-60H,4-9,13-21,25-33H2. The number of benzene rings is 3. The fourth-order valence-corrected chi connectivity index (χ4v) is 16.8. The maximum Gasteiger partial charge on any atom is 0.647 e. The number of rotatable bonds is 18. The van der Waals surface area contributed by atoms with E-state index in [9.17, 15) is 0 Å². The number of hydrogen-bond donors (Lipinski definition) is 0. The summed E-state index contributed by atoms with van der Waals surface area (Å²) in [5.74, 6) is 5.01. The van der Waals surface area contributed by atoms with Crippen LogP contribution in [0, 0.1) is 35.5 Å². The highest BCUT2D eigenvalue weighted by Gasteiger charge is 2.49. The molecule has 10 nitrogen and oxygen atoms in total. The zero-order valence-corrected chi connectivity index (χ0v) is 42.5. The van der Waals surface area contributed by atoms with Crippen LogP contribution in [0.2, 0.25) is 0 Å². The van der Waals surface area contributed by atoms with Crippen molar-refractivity contribution in [3.63, 3.8) is 0 Å². The highest BCUT2D eigenvalue weighted by atomic mass is 31.2. The van der Waals surface area contributed by atoms with Crippen molar-refractivity contribution >= 4 is 7.82 Å². The SMILES string of the molecule is O=P(Oc1ccc(CC2CCC3OC3C2)cc1CC1CCC2OC2C1)(Oc1ccc(CC2CCC3OC3C2)cc1CC1CCC2OC2C1)Oc1ccc(CC2CCC3OC3C2)cc1CC1CCC2OC2C1. The minimum absolute atomic E-state index is 0.368. The predicted octanol–water partition coefficient (Wildman–Crippen LogP) is 12.0. The summed E-state index contributed by atoms with van der Waals surface area (Å²) in [6.07, 6.45) is 31.1. The number of phosphoric acid groups is 1. The summed E-state index contributed by atoms with van der Waals surface area (Å²) in [5.41, 5.74) is 7.21. The smallest absolute Gasteiger partial charge is 0.386 e. The Morgan fingerprint density at radius 1 is 0.324 bits per heavy atom. The molecule has 0 N–H and O–H groups in total. The van der Waals surface area contributed by atoms with E-state index < -0.39 is 7.82 Å². The van der Waals surface area contributed by atoms with Crippen LogP contribution < -0.4 is 13.6 Å². The molecule has 6 aliphatic carbocycles. The van der Waals surface area contributed by atoms with E-state index in [-0.39, 0.29) is 0 Å². The van der Waals surface area contributed by atoms with E-state index >= 15 is 4.57 Å². The van der Waals surface area contributed by atoms with Gasteiger partial charge in [-0.05, 0) is 241 Å². The number of phosphoric ester groups is 1. The molecule has 0 spiro atoms. The van der Waals surface area contributed by atoms with Crippen LogP contribution in [0.25, 0.3) is 0 Å². The largest absolute Gasteiger partial charge is 0.647 e. The average molecular weight is 987 g/mol. The quantitative estimate of drug-likeness (QED) is 0.0900. The van der Waals surface area contributed by atoms with Gasteiger partial charge >= 0.3 is 7.82 Å². The maximum atomic E-state index is 16.4. The molecule has 12 fully saturated rings. The second-order valence-corrected chi connectivity index (χ2v) is 26.6. The topological polar surface area (TPSA) is 120 Å². The van der Waals surface area contributed by atoms with Crippen molar-refractivity contribution in [3.05, 3.63) is 88.0 Å². The van der Waals surface area contributed by atoms with Gasteiger partial charge in [0.1, 0.15) is 17.2 Å². The number of ether oxygens (including phenoxy) is 6. The van der Waals surface area contributed by atoms with Crippen molar-refractivity contribution < 1.29 is 46.6 Å². The first-order valence-corrected chi connectivity index (χ1v) is 30.2. The van der Waals surface area contributed by atoms with Crippen LogP contribution in [-0.2, 0) is 71.5 Å². The first kappa shape index (κ1) is 45.4. The third kappa shape index (κ3) is 10.4. The minimum Gasteiger partial charge on any atom is -0.386 e. The molecule has 3 aromatic rings. The molecule has 11 heteroatoms. The van der Waals surface area contributed by atoms with Gasteiger partial charge in [0.15, 0.2) is 0 Å². The van der Waals surface area contributed by atoms with Gasteiger partial charge in [0.25, 0.3) is 0 Å². The summed E-state index contributed by atoms with van der Waals surface area (Å²) in [6, 6.07) is 19.9. The van der Waals surface area contributed by atoms with E-state index in [1.54, 1.807) is 0 Å². The van der Waals surface area contributed by atoms with Crippen molar-refractivity contribution in [2.75, 3.05) is 0 Å². The zero-order valence-electron chi connectivity index (χ0n) is 41.6. The lowest BCUT2D eigenvalue weighted by atomic mass is 9.82. The number of hydrogen-bond acceptors (Lipinski definition) is 10. The van der Waals surface area contributed by atoms with E-state index in [2.05, 4.69) is 54.6 Å². The highest BCUT2D eigenvalue weighted by Crippen LogP contribution is 2.55. The van der Waals surface area contributed by atoms with Crippen molar-refractivity contribution in [3.8, 4) is 17.2 Å². The molecule has 0 bridgehead atoms. The molecular formula is C60H75O10P. The lowest BCUT2D eigenvalue weighted by molar-refractivity contribution is 0.290. The van der Waals surface area contributed by atoms with Crippen LogP contribution in [0.15, 0.2) is 54.6 Å². The van der Waals surface area contributed by atoms with Gasteiger partial charge in [-0.15, -0.1) is 0 Å². The van der Waals surface area contributed by atoms with Gasteiger partial charge in [-0.1, -0.05) is 36.4 Å². The van der Waals surface area contributed by atoms with E-state index in [1.807, 2.05) is 0 Å². The molecule has 0 aromatic heterocycles. The summed E-state index contributed by atoms with van der Waals surface area (Å²) >= 11 is 0. The molecule has 6 saturated carbocycles. The molecule has 6 saturated heterocycles. The van der Waals surface area contributed by atoms with Crippen molar-refractivity contribution in [1.82, 2.24) is 0 Å². The molecular weight excluding hydrogens is 912 g/mol. The maximum absolute atomic E-state index is 16.4. The second-order valence-electron chi connectivity index (χ2n) is 25.1. The molecule has 0 radical (unpaired) electrons. The third-order valence-electron chi connectivity index (χ3n) is 19.8. The molecule has 6 heterocycles. The summed E-state index contributed by atoms with van der Waals surface area (Å²) in [4.78, 5) is 0. The van der Waals surface area contributed by atoms with Crippen LogP contribution in [0.1, 0.15) is 149 Å². The van der Waals surface area contributed by atoms with E-state index in [1.165, 1.54) is 36.0 Å². The normalized spacial score (nSPS) is 41.5. The van der Waals surface area contributed by atoms with E-state index in [0.29, 0.717) is 126 Å². The van der Waals surface area contributed by atoms with Crippen molar-refractivity contribution in [1.29, 1.82) is 0 Å². The van der Waals surface area contributed by atoms with Gasteiger partial charge in [0.05, 0.1) is 73.2 Å². The van der Waals surface area contributed by atoms with Gasteiger partial charge in [-0.2, -0.15) is 4.57 Å². The molecule has 15 rings (SSSR count). The van der Waals surface area contributed by atoms with Gasteiger partial charge in [-0.25, -0.2) is 0 Å². The first-order valence-electron chi connectivity index (χ1n) is 28.8. The average Bonchev–Trinajstić information content (AvgIpc) is 4.12. The summed E-state index contributed by atoms with van der Waals surface area (Å²) in [6.45, 7) is 0. The van der Waals surface area contributed by atoms with Crippen LogP contribution >= 0.6 is 7.82 Å². The Morgan fingerprint density at radius 2 is 0.563 bits per heavy atom. The molecule has 18 unspecified atom stereocenters. The van der Waals surface area contributed by atoms with Crippen LogP contribution in [-0.4, -0.2) is 73.2 Å². The summed E-state index contributed by atoms with van der Waals surface area (Å²) in [7, 11) is -4.42. The molecule has 380 valence electrons. The van der Waals surface area contributed by atoms with Gasteiger partial charge < -0.3 is 42.0 Å². The highest BCUT2D eigenvalue weighted by molar-refractivity contribution is 7.49. The fraction of sp³-hybridized carbons (Fsp3) is 0.700. The predicted molar refractivity (Wildman–Crippen MR) is 267 cm³/mol. The number of fused-ring (bicyclic) bond motifs is 6. The lowest BCUT2D eigenvalue weighted by Crippen LogP contribution is -2.19. The molecule has 0 amide bonds. The lowest BCUT2D eigenvalue weighted by Gasteiger charge is -2.27. The first-order chi connectivity index (χ1) is 34.8. The Balaban J connectivity index is 0.774. The van der Waals surface area contributed by atoms with E-state index in [0.717, 1.165) is 152 Å². The fourth-order valence-electron chi connectivity index (χ4n) is 15.4. The zero-order chi connectivity index (χ0) is 46.8. The Kier molecular flexibility index (Phi) is 11.8. The Labute approximate surface area is 420 Å². The minimum atomic E-state index is -4.42. The Morgan fingerprint density at radius 3 is 0.803 bits per heavy atom. The number of epoxide rings is 6. The molecule has 18 atom stereocenters. The Hall–Kier alpha value is -2.95. The van der Waals surface area contributed by atoms with Crippen LogP contribution in [0.5, 0.6) is 17.2 Å². The monoisotopic (exact) mass is 987 g/mol. The van der Waals surface area contributed by atoms with E-state index in [4.69, 9.17) is 42.0 Å². The second kappa shape index (κ2) is 18.4. The van der Waals surface area contributed by atoms with Crippen molar-refractivity contribution in [2.24, 2.45) is 35.5 Å². The van der Waals surface area contributed by atoms with Gasteiger partial charge in [-0.3, -0.25) is 0 Å². The molecule has 6 aliphatic heterocycles. The van der Waals surface area contributed by atoms with Crippen LogP contribution in [0.3, 0.4) is 0 Å². The molecule has 3 aromatic carbocycles.